The quantitative estimate of drug-likeness (QED) is 0.748. The maximum Gasteiger partial charge on any atom is 0.0438 e. The monoisotopic (exact) mass is 307 g/mol. The molecule has 1 saturated carbocycles. The average molecular weight is 308 g/mol. The van der Waals surface area contributed by atoms with Crippen molar-refractivity contribution in [3.63, 3.8) is 0 Å². The van der Waals surface area contributed by atoms with Gasteiger partial charge in [-0.25, -0.2) is 0 Å². The Morgan fingerprint density at radius 1 is 1.14 bits per heavy atom. The molecule has 0 bridgehead atoms. The molecule has 1 aliphatic carbocycles. The second-order valence-corrected chi connectivity index (χ2v) is 8.16. The molecule has 0 amide bonds. The van der Waals surface area contributed by atoms with Crippen molar-refractivity contribution in [3.05, 3.63) is 34.3 Å². The fourth-order valence-corrected chi connectivity index (χ4v) is 3.98. The lowest BCUT2D eigenvalue weighted by Crippen LogP contribution is -2.32. The zero-order valence-electron chi connectivity index (χ0n) is 14.2. The molecular weight excluding hydrogens is 278 g/mol. The third-order valence-corrected chi connectivity index (χ3v) is 5.74. The summed E-state index contributed by atoms with van der Waals surface area (Å²) < 4.78 is 0. The van der Waals surface area contributed by atoms with Gasteiger partial charge in [0.15, 0.2) is 0 Å². The Bertz CT molecular complexity index is 467. The number of benzene rings is 1. The van der Waals surface area contributed by atoms with Crippen LogP contribution in [0.3, 0.4) is 0 Å². The van der Waals surface area contributed by atoms with Crippen molar-refractivity contribution >= 4 is 11.6 Å². The third kappa shape index (κ3) is 4.02. The molecule has 1 aromatic carbocycles. The van der Waals surface area contributed by atoms with Crippen LogP contribution in [0.4, 0.5) is 0 Å². The number of nitrogens with one attached hydrogen (secondary N) is 1. The third-order valence-electron chi connectivity index (χ3n) is 5.33. The van der Waals surface area contributed by atoms with E-state index >= 15 is 0 Å². The van der Waals surface area contributed by atoms with Gasteiger partial charge in [-0.2, -0.15) is 0 Å². The number of aryl methyl sites for hydroxylation is 1. The molecule has 1 unspecified atom stereocenters. The summed E-state index contributed by atoms with van der Waals surface area (Å²) in [6, 6.07) is 6.96. The molecule has 1 atom stereocenters. The van der Waals surface area contributed by atoms with E-state index in [9.17, 15) is 0 Å². The predicted octanol–water partition coefficient (Wildman–Crippen LogP) is 5.76. The summed E-state index contributed by atoms with van der Waals surface area (Å²) in [7, 11) is 2.08. The lowest BCUT2D eigenvalue weighted by Gasteiger charge is -2.39. The minimum Gasteiger partial charge on any atom is -0.313 e. The van der Waals surface area contributed by atoms with Crippen molar-refractivity contribution in [3.8, 4) is 0 Å². The van der Waals surface area contributed by atoms with Gasteiger partial charge in [0, 0.05) is 11.1 Å². The molecule has 2 rings (SSSR count). The average Bonchev–Trinajstić information content (AvgIpc) is 2.43. The van der Waals surface area contributed by atoms with Gasteiger partial charge in [-0.15, -0.1) is 0 Å². The smallest absolute Gasteiger partial charge is 0.0438 e. The summed E-state index contributed by atoms with van der Waals surface area (Å²) in [6.45, 7) is 9.21. The van der Waals surface area contributed by atoms with Gasteiger partial charge in [-0.3, -0.25) is 0 Å². The van der Waals surface area contributed by atoms with E-state index in [1.807, 2.05) is 0 Å². The first-order valence-electron chi connectivity index (χ1n) is 8.26. The van der Waals surface area contributed by atoms with Crippen LogP contribution in [-0.2, 0) is 0 Å². The van der Waals surface area contributed by atoms with Crippen molar-refractivity contribution in [1.29, 1.82) is 0 Å². The van der Waals surface area contributed by atoms with Gasteiger partial charge in [0.2, 0.25) is 0 Å². The Hall–Kier alpha value is -0.530. The van der Waals surface area contributed by atoms with E-state index in [2.05, 4.69) is 58.3 Å². The molecule has 0 saturated heterocycles. The van der Waals surface area contributed by atoms with Gasteiger partial charge in [0.25, 0.3) is 0 Å². The Balaban J connectivity index is 2.07. The fraction of sp³-hybridized carbons (Fsp3) is 0.684. The van der Waals surface area contributed by atoms with Crippen molar-refractivity contribution in [2.45, 2.75) is 59.4 Å². The Labute approximate surface area is 135 Å². The molecule has 1 nitrogen and oxygen atoms in total. The minimum absolute atomic E-state index is 0.434. The number of hydrogen-bond donors (Lipinski definition) is 1. The largest absolute Gasteiger partial charge is 0.313 e. The lowest BCUT2D eigenvalue weighted by atomic mass is 9.68. The predicted molar refractivity (Wildman–Crippen MR) is 92.9 cm³/mol. The van der Waals surface area contributed by atoms with Crippen LogP contribution < -0.4 is 5.32 Å². The second-order valence-electron chi connectivity index (χ2n) is 7.75. The van der Waals surface area contributed by atoms with Crippen LogP contribution in [0.25, 0.3) is 0 Å². The highest BCUT2D eigenvalue weighted by Crippen LogP contribution is 2.43. The van der Waals surface area contributed by atoms with Gasteiger partial charge in [0.1, 0.15) is 0 Å². The molecule has 21 heavy (non-hydrogen) atoms. The lowest BCUT2D eigenvalue weighted by molar-refractivity contribution is 0.134. The van der Waals surface area contributed by atoms with Crippen molar-refractivity contribution in [2.24, 2.45) is 17.3 Å². The van der Waals surface area contributed by atoms with Crippen molar-refractivity contribution in [2.75, 3.05) is 7.05 Å². The first kappa shape index (κ1) is 16.8. The summed E-state index contributed by atoms with van der Waals surface area (Å²) in [5.41, 5.74) is 2.95. The number of halogens is 1. The van der Waals surface area contributed by atoms with Crippen LogP contribution in [0.2, 0.25) is 5.02 Å². The highest BCUT2D eigenvalue weighted by Gasteiger charge is 2.32. The molecule has 1 aromatic rings. The summed E-state index contributed by atoms with van der Waals surface area (Å²) in [6.07, 6.45) is 5.34. The van der Waals surface area contributed by atoms with Gasteiger partial charge in [-0.1, -0.05) is 44.5 Å². The molecule has 118 valence electrons. The molecule has 1 N–H and O–H groups in total. The molecule has 2 heteroatoms. The Morgan fingerprint density at radius 2 is 1.76 bits per heavy atom. The van der Waals surface area contributed by atoms with Crippen LogP contribution in [0.1, 0.15) is 63.6 Å². The van der Waals surface area contributed by atoms with Gasteiger partial charge < -0.3 is 5.32 Å². The summed E-state index contributed by atoms with van der Waals surface area (Å²) in [5.74, 6) is 1.60. The standard InChI is InChI=1S/C19H30ClN/c1-13-6-7-15(12-17(13)20)18(21-5)14-8-10-16(11-9-14)19(2,3)4/h6-7,12,14,16,18,21H,8-11H2,1-5H3. The molecule has 1 fully saturated rings. The van der Waals surface area contributed by atoms with Gasteiger partial charge >= 0.3 is 0 Å². The van der Waals surface area contributed by atoms with Crippen LogP contribution in [-0.4, -0.2) is 7.05 Å². The normalized spacial score (nSPS) is 24.9. The fourth-order valence-electron chi connectivity index (χ4n) is 3.80. The first-order valence-corrected chi connectivity index (χ1v) is 8.64. The van der Waals surface area contributed by atoms with E-state index in [0.29, 0.717) is 11.5 Å². The van der Waals surface area contributed by atoms with Gasteiger partial charge in [-0.05, 0) is 74.1 Å². The highest BCUT2D eigenvalue weighted by atomic mass is 35.5. The Kier molecular flexibility index (Phi) is 5.38. The molecule has 0 heterocycles. The first-order chi connectivity index (χ1) is 9.82. The molecule has 0 radical (unpaired) electrons. The Morgan fingerprint density at radius 3 is 2.24 bits per heavy atom. The highest BCUT2D eigenvalue weighted by molar-refractivity contribution is 6.31. The van der Waals surface area contributed by atoms with Crippen LogP contribution in [0.5, 0.6) is 0 Å². The summed E-state index contributed by atoms with van der Waals surface area (Å²) in [5, 5.41) is 4.41. The molecule has 0 aliphatic heterocycles. The van der Waals surface area contributed by atoms with Crippen molar-refractivity contribution < 1.29 is 0 Å². The maximum absolute atomic E-state index is 6.31. The molecule has 0 spiro atoms. The maximum atomic E-state index is 6.31. The van der Waals surface area contributed by atoms with E-state index in [-0.39, 0.29) is 0 Å². The van der Waals surface area contributed by atoms with E-state index in [0.717, 1.165) is 22.4 Å². The number of rotatable bonds is 3. The SMILES string of the molecule is CNC(c1ccc(C)c(Cl)c1)C1CCC(C(C)(C)C)CC1. The summed E-state index contributed by atoms with van der Waals surface area (Å²) in [4.78, 5) is 0. The molecular formula is C19H30ClN. The van der Waals surface area contributed by atoms with E-state index in [1.54, 1.807) is 0 Å². The zero-order valence-corrected chi connectivity index (χ0v) is 14.9. The van der Waals surface area contributed by atoms with Crippen molar-refractivity contribution in [1.82, 2.24) is 5.32 Å². The van der Waals surface area contributed by atoms with Crippen LogP contribution in [0.15, 0.2) is 18.2 Å². The van der Waals surface area contributed by atoms with Gasteiger partial charge in [0.05, 0.1) is 0 Å². The van der Waals surface area contributed by atoms with E-state index in [1.165, 1.54) is 31.2 Å². The molecule has 0 aromatic heterocycles. The second kappa shape index (κ2) is 6.71. The van der Waals surface area contributed by atoms with E-state index in [4.69, 9.17) is 11.6 Å². The molecule has 1 aliphatic rings. The zero-order chi connectivity index (χ0) is 15.6. The number of hydrogen-bond acceptors (Lipinski definition) is 1. The van der Waals surface area contributed by atoms with Crippen LogP contribution in [0, 0.1) is 24.2 Å². The van der Waals surface area contributed by atoms with E-state index < -0.39 is 0 Å². The summed E-state index contributed by atoms with van der Waals surface area (Å²) >= 11 is 6.31. The topological polar surface area (TPSA) is 12.0 Å². The van der Waals surface area contributed by atoms with Crippen LogP contribution >= 0.6 is 11.6 Å². The minimum atomic E-state index is 0.434.